The Kier molecular flexibility index (Phi) is 9.29. The van der Waals surface area contributed by atoms with E-state index in [1.54, 1.807) is 24.3 Å². The van der Waals surface area contributed by atoms with Gasteiger partial charge in [0.1, 0.15) is 29.7 Å². The summed E-state index contributed by atoms with van der Waals surface area (Å²) in [5, 5.41) is 3.35. The van der Waals surface area contributed by atoms with Gasteiger partial charge in [0.2, 0.25) is 5.91 Å². The third kappa shape index (κ3) is 7.02. The summed E-state index contributed by atoms with van der Waals surface area (Å²) in [6.45, 7) is 8.78. The van der Waals surface area contributed by atoms with Crippen LogP contribution in [-0.4, -0.2) is 65.6 Å². The van der Waals surface area contributed by atoms with Gasteiger partial charge in [-0.25, -0.2) is 9.78 Å². The van der Waals surface area contributed by atoms with Crippen LogP contribution in [0, 0.1) is 17.3 Å². The Morgan fingerprint density at radius 1 is 1.13 bits per heavy atom. The molecular weight excluding hydrogens is 584 g/mol. The molecule has 45 heavy (non-hydrogen) atoms. The summed E-state index contributed by atoms with van der Waals surface area (Å²) in [4.78, 5) is 46.1. The summed E-state index contributed by atoms with van der Waals surface area (Å²) in [7, 11) is 1.52. The number of ketones is 1. The van der Waals surface area contributed by atoms with E-state index in [4.69, 9.17) is 14.2 Å². The lowest BCUT2D eigenvalue weighted by Crippen LogP contribution is -2.57. The third-order valence-corrected chi connectivity index (χ3v) is 9.44. The summed E-state index contributed by atoms with van der Waals surface area (Å²) in [6, 6.07) is 4.74. The van der Waals surface area contributed by atoms with Gasteiger partial charge >= 0.3 is 6.09 Å². The molecule has 3 heterocycles. The Labute approximate surface area is 263 Å². The molecule has 3 aliphatic rings. The zero-order valence-electron chi connectivity index (χ0n) is 27.0. The second-order valence-electron chi connectivity index (χ2n) is 13.9. The molecule has 6 atom stereocenters. The maximum absolute atomic E-state index is 16.0. The van der Waals surface area contributed by atoms with Crippen LogP contribution in [0.3, 0.4) is 0 Å². The van der Waals surface area contributed by atoms with Gasteiger partial charge in [-0.05, 0) is 68.2 Å². The summed E-state index contributed by atoms with van der Waals surface area (Å²) < 4.78 is 49.4. The third-order valence-electron chi connectivity index (χ3n) is 9.44. The van der Waals surface area contributed by atoms with E-state index in [1.165, 1.54) is 18.9 Å². The summed E-state index contributed by atoms with van der Waals surface area (Å²) in [5.41, 5.74) is -0.778. The smallest absolute Gasteiger partial charge is 0.408 e. The van der Waals surface area contributed by atoms with Gasteiger partial charge in [-0.2, -0.15) is 8.78 Å². The van der Waals surface area contributed by atoms with Gasteiger partial charge in [0.25, 0.3) is 5.92 Å². The van der Waals surface area contributed by atoms with Crippen molar-refractivity contribution in [2.24, 2.45) is 17.3 Å². The fourth-order valence-corrected chi connectivity index (χ4v) is 6.83. The number of benzene rings is 1. The Balaban J connectivity index is 1.58. The standard InChI is InChI=1S/C34H45F2N3O6/c1-7-23-27-18-39(28(23)19(2)40)31(41)30(33(3,4)5)38-32(42)45-25-16-20(25)11-9-8-10-14-34(35,36)29-26(44-27)17-21-15-22(43-6)12-13-24(21)37-29/h12-13,15,17,20,23,25,27-28,30H,7-11,14,16,18H2,1-6H3,(H,38,42)/t20-,23-,25-,27+,28-,30-/m1/s1. The second-order valence-corrected chi connectivity index (χ2v) is 13.9. The highest BCUT2D eigenvalue weighted by molar-refractivity contribution is 5.92. The highest BCUT2D eigenvalue weighted by Gasteiger charge is 2.51. The number of hydrogen-bond acceptors (Lipinski definition) is 7. The lowest BCUT2D eigenvalue weighted by Gasteiger charge is -2.35. The summed E-state index contributed by atoms with van der Waals surface area (Å²) >= 11 is 0. The number of rotatable bonds is 3. The molecule has 1 aliphatic carbocycles. The lowest BCUT2D eigenvalue weighted by molar-refractivity contribution is -0.141. The molecule has 0 unspecified atom stereocenters. The predicted molar refractivity (Wildman–Crippen MR) is 164 cm³/mol. The molecule has 1 N–H and O–H groups in total. The van der Waals surface area contributed by atoms with E-state index in [0.717, 1.165) is 12.8 Å². The molecule has 5 rings (SSSR count). The highest BCUT2D eigenvalue weighted by atomic mass is 19.3. The van der Waals surface area contributed by atoms with Crippen molar-refractivity contribution < 1.29 is 37.4 Å². The van der Waals surface area contributed by atoms with Gasteiger partial charge in [0.15, 0.2) is 11.5 Å². The first-order chi connectivity index (χ1) is 21.2. The number of aromatic nitrogens is 1. The molecule has 11 heteroatoms. The van der Waals surface area contributed by atoms with Crippen molar-refractivity contribution in [3.63, 3.8) is 0 Å². The van der Waals surface area contributed by atoms with Crippen LogP contribution in [0.1, 0.15) is 85.3 Å². The first kappa shape index (κ1) is 32.9. The quantitative estimate of drug-likeness (QED) is 0.419. The van der Waals surface area contributed by atoms with Gasteiger partial charge < -0.3 is 24.4 Å². The van der Waals surface area contributed by atoms with Crippen molar-refractivity contribution >= 4 is 28.7 Å². The van der Waals surface area contributed by atoms with Crippen LogP contribution in [0.2, 0.25) is 0 Å². The van der Waals surface area contributed by atoms with Crippen LogP contribution in [0.15, 0.2) is 24.3 Å². The van der Waals surface area contributed by atoms with Crippen LogP contribution in [0.25, 0.3) is 10.9 Å². The topological polar surface area (TPSA) is 107 Å². The number of pyridine rings is 1. The number of hydrogen-bond donors (Lipinski definition) is 1. The number of nitrogens with zero attached hydrogens (tertiary/aromatic N) is 2. The minimum atomic E-state index is -3.28. The van der Waals surface area contributed by atoms with Crippen molar-refractivity contribution in [1.82, 2.24) is 15.2 Å². The monoisotopic (exact) mass is 629 g/mol. The number of fused-ring (bicyclic) bond motifs is 5. The number of carbonyl (C=O) groups is 3. The number of alkyl carbamates (subject to hydrolysis) is 1. The van der Waals surface area contributed by atoms with E-state index >= 15 is 8.78 Å². The largest absolute Gasteiger partial charge is 0.497 e. The predicted octanol–water partition coefficient (Wildman–Crippen LogP) is 6.40. The molecule has 0 spiro atoms. The number of halogens is 2. The first-order valence-electron chi connectivity index (χ1n) is 16.0. The summed E-state index contributed by atoms with van der Waals surface area (Å²) in [5.74, 6) is -3.79. The number of methoxy groups -OCH3 is 1. The van der Waals surface area contributed by atoms with Crippen LogP contribution in [-0.2, 0) is 20.2 Å². The van der Waals surface area contributed by atoms with Crippen LogP contribution >= 0.6 is 0 Å². The maximum atomic E-state index is 16.0. The first-order valence-corrected chi connectivity index (χ1v) is 16.0. The molecule has 1 saturated carbocycles. The molecule has 2 aromatic rings. The molecule has 1 saturated heterocycles. The highest BCUT2D eigenvalue weighted by Crippen LogP contribution is 2.43. The maximum Gasteiger partial charge on any atom is 0.408 e. The number of carbonyl (C=O) groups excluding carboxylic acids is 3. The molecule has 1 aromatic heterocycles. The Morgan fingerprint density at radius 3 is 2.56 bits per heavy atom. The van der Waals surface area contributed by atoms with E-state index in [-0.39, 0.29) is 36.5 Å². The lowest BCUT2D eigenvalue weighted by atomic mass is 9.85. The average molecular weight is 630 g/mol. The molecule has 0 radical (unpaired) electrons. The van der Waals surface area contributed by atoms with Crippen LogP contribution < -0.4 is 14.8 Å². The van der Waals surface area contributed by atoms with E-state index in [2.05, 4.69) is 10.3 Å². The van der Waals surface area contributed by atoms with Gasteiger partial charge in [0, 0.05) is 17.7 Å². The zero-order valence-corrected chi connectivity index (χ0v) is 27.0. The van der Waals surface area contributed by atoms with Gasteiger partial charge in [0.05, 0.1) is 25.2 Å². The minimum Gasteiger partial charge on any atom is -0.497 e. The number of alkyl halides is 2. The van der Waals surface area contributed by atoms with Crippen molar-refractivity contribution in [2.75, 3.05) is 13.7 Å². The van der Waals surface area contributed by atoms with Gasteiger partial charge in [-0.15, -0.1) is 0 Å². The fraction of sp³-hybridized carbons (Fsp3) is 0.647. The second kappa shape index (κ2) is 12.7. The molecular formula is C34H45F2N3O6. The molecule has 2 aliphatic heterocycles. The van der Waals surface area contributed by atoms with Crippen molar-refractivity contribution in [1.29, 1.82) is 0 Å². The zero-order chi connectivity index (χ0) is 32.7. The van der Waals surface area contributed by atoms with Crippen LogP contribution in [0.5, 0.6) is 11.5 Å². The van der Waals surface area contributed by atoms with Crippen molar-refractivity contribution in [3.8, 4) is 11.5 Å². The van der Waals surface area contributed by atoms with E-state index < -0.39 is 59.6 Å². The number of Topliss-reactive ketones (excluding diaryl/α,β-unsaturated/α-hetero) is 1. The van der Waals surface area contributed by atoms with E-state index in [9.17, 15) is 14.4 Å². The number of nitrogens with one attached hydrogen (secondary N) is 1. The molecule has 2 amide bonds. The van der Waals surface area contributed by atoms with Crippen LogP contribution in [0.4, 0.5) is 13.6 Å². The SMILES string of the molecule is CC[C@@H]1[C@@H]2CN(C(=O)[C@H](C(C)(C)C)NC(=O)O[C@@H]3C[C@H]3CCCCCC(F)(F)c3nc4ccc(OC)cc4cc3O2)[C@@H]1C(C)=O. The van der Waals surface area contributed by atoms with Gasteiger partial charge in [-0.1, -0.05) is 40.5 Å². The Bertz CT molecular complexity index is 1440. The fourth-order valence-electron chi connectivity index (χ4n) is 6.83. The molecule has 2 fully saturated rings. The molecule has 2 bridgehead atoms. The summed E-state index contributed by atoms with van der Waals surface area (Å²) in [6.07, 6.45) is 1.46. The Hall–Kier alpha value is -3.50. The van der Waals surface area contributed by atoms with E-state index in [0.29, 0.717) is 35.9 Å². The molecule has 9 nitrogen and oxygen atoms in total. The van der Waals surface area contributed by atoms with Crippen molar-refractivity contribution in [3.05, 3.63) is 30.0 Å². The van der Waals surface area contributed by atoms with E-state index in [1.807, 2.05) is 27.7 Å². The average Bonchev–Trinajstić information content (AvgIpc) is 3.59. The molecule has 246 valence electrons. The molecule has 1 aromatic carbocycles. The Morgan fingerprint density at radius 2 is 1.89 bits per heavy atom. The van der Waals surface area contributed by atoms with Gasteiger partial charge in [-0.3, -0.25) is 9.59 Å². The minimum absolute atomic E-state index is 0.0171. The van der Waals surface area contributed by atoms with Crippen molar-refractivity contribution in [2.45, 2.75) is 110 Å². The normalized spacial score (nSPS) is 29.2. The number of amides is 2. The number of ether oxygens (including phenoxy) is 3.